The van der Waals surface area contributed by atoms with Gasteiger partial charge in [-0.15, -0.1) is 0 Å². The molecule has 1 saturated carbocycles. The predicted octanol–water partition coefficient (Wildman–Crippen LogP) is -0.0320. The van der Waals surface area contributed by atoms with Gasteiger partial charge in [0.05, 0.1) is 20.3 Å². The number of ether oxygens (including phenoxy) is 2. The Labute approximate surface area is 112 Å². The molecule has 6 nitrogen and oxygen atoms in total. The van der Waals surface area contributed by atoms with Gasteiger partial charge in [0.2, 0.25) is 0 Å². The molecule has 0 N–H and O–H groups in total. The van der Waals surface area contributed by atoms with Crippen LogP contribution in [0.2, 0.25) is 0 Å². The van der Waals surface area contributed by atoms with Crippen LogP contribution in [0, 0.1) is 37.5 Å². The molecule has 2 aliphatic rings. The zero-order valence-corrected chi connectivity index (χ0v) is 11.0. The van der Waals surface area contributed by atoms with E-state index in [1.54, 1.807) is 7.05 Å². The molecule has 0 aromatic rings. The highest BCUT2D eigenvalue weighted by atomic mass is 16.7. The fourth-order valence-electron chi connectivity index (χ4n) is 2.40. The molecule has 2 rings (SSSR count). The Morgan fingerprint density at radius 3 is 2.26 bits per heavy atom. The van der Waals surface area contributed by atoms with Crippen LogP contribution >= 0.6 is 0 Å². The van der Waals surface area contributed by atoms with Gasteiger partial charge in [-0.2, -0.15) is 5.06 Å². The topological polar surface area (TPSA) is 65.1 Å². The van der Waals surface area contributed by atoms with Crippen LogP contribution in [0.5, 0.6) is 0 Å². The summed E-state index contributed by atoms with van der Waals surface area (Å²) in [6.07, 6.45) is 6.49. The van der Waals surface area contributed by atoms with Crippen LogP contribution in [0.1, 0.15) is 0 Å². The van der Waals surface area contributed by atoms with Gasteiger partial charge in [-0.25, -0.2) is 4.79 Å². The molecular formula is C13H16NO5. The first-order valence-corrected chi connectivity index (χ1v) is 5.87. The molecule has 0 unspecified atom stereocenters. The van der Waals surface area contributed by atoms with Gasteiger partial charge in [0.25, 0.3) is 0 Å². The van der Waals surface area contributed by atoms with Crippen molar-refractivity contribution in [1.82, 2.24) is 5.06 Å². The van der Waals surface area contributed by atoms with Gasteiger partial charge in [-0.05, 0) is 25.7 Å². The summed E-state index contributed by atoms with van der Waals surface area (Å²) in [6, 6.07) is -0.369. The molecule has 5 radical (unpaired) electrons. The molecular weight excluding hydrogens is 250 g/mol. The minimum atomic E-state index is -0.984. The molecule has 0 amide bonds. The average molecular weight is 266 g/mol. The van der Waals surface area contributed by atoms with Crippen LogP contribution in [0.25, 0.3) is 0 Å². The van der Waals surface area contributed by atoms with E-state index in [0.717, 1.165) is 5.92 Å². The summed E-state index contributed by atoms with van der Waals surface area (Å²) >= 11 is 0. The first kappa shape index (κ1) is 14.3. The van der Waals surface area contributed by atoms with Gasteiger partial charge < -0.3 is 9.47 Å². The van der Waals surface area contributed by atoms with Crippen molar-refractivity contribution in [2.24, 2.45) is 5.92 Å². The Balaban J connectivity index is 2.23. The monoisotopic (exact) mass is 266 g/mol. The highest BCUT2D eigenvalue weighted by Gasteiger charge is 2.54. The minimum Gasteiger partial charge on any atom is -0.469 e. The summed E-state index contributed by atoms with van der Waals surface area (Å²) in [5, 5.41) is 1.50. The lowest BCUT2D eigenvalue weighted by atomic mass is 9.84. The summed E-state index contributed by atoms with van der Waals surface area (Å²) < 4.78 is 9.46. The molecule has 1 saturated heterocycles. The number of rotatable bonds is 3. The van der Waals surface area contributed by atoms with Gasteiger partial charge in [0, 0.05) is 13.0 Å². The number of esters is 2. The maximum Gasteiger partial charge on any atom is 0.338 e. The molecule has 3 atom stereocenters. The Bertz CT molecular complexity index is 353. The van der Waals surface area contributed by atoms with E-state index < -0.39 is 24.0 Å². The molecule has 1 heterocycles. The fourth-order valence-corrected chi connectivity index (χ4v) is 2.40. The van der Waals surface area contributed by atoms with Crippen LogP contribution < -0.4 is 0 Å². The normalized spacial score (nSPS) is 32.5. The van der Waals surface area contributed by atoms with E-state index in [-0.39, 0.29) is 6.04 Å². The standard InChI is InChI=1S/C13H16NO5/c1-14-10(8-6-4-5-7-8)9(12(15)17-2)11(19-14)13(16)18-3/h4-7,9-11H,1-3H3/t9-,10-,11-/m1/s1. The number of hydrogen-bond donors (Lipinski definition) is 0. The lowest BCUT2D eigenvalue weighted by Gasteiger charge is -2.26. The Kier molecular flexibility index (Phi) is 4.42. The predicted molar refractivity (Wildman–Crippen MR) is 64.4 cm³/mol. The zero-order valence-electron chi connectivity index (χ0n) is 11.0. The molecule has 0 spiro atoms. The lowest BCUT2D eigenvalue weighted by molar-refractivity contribution is -0.181. The van der Waals surface area contributed by atoms with Crippen molar-refractivity contribution in [2.75, 3.05) is 21.3 Å². The third kappa shape index (κ3) is 2.60. The van der Waals surface area contributed by atoms with Crippen molar-refractivity contribution in [1.29, 1.82) is 0 Å². The molecule has 6 heteroatoms. The summed E-state index contributed by atoms with van der Waals surface area (Å²) in [5.41, 5.74) is 0. The van der Waals surface area contributed by atoms with Crippen LogP contribution in [-0.4, -0.2) is 50.4 Å². The van der Waals surface area contributed by atoms with Crippen molar-refractivity contribution in [2.45, 2.75) is 12.1 Å². The third-order valence-electron chi connectivity index (χ3n) is 3.27. The van der Waals surface area contributed by atoms with Crippen molar-refractivity contribution < 1.29 is 23.9 Å². The molecule has 0 aromatic heterocycles. The summed E-state index contributed by atoms with van der Waals surface area (Å²) in [4.78, 5) is 29.1. The van der Waals surface area contributed by atoms with E-state index in [0.29, 0.717) is 0 Å². The van der Waals surface area contributed by atoms with Crippen molar-refractivity contribution in [3.63, 3.8) is 0 Å². The number of nitrogens with zero attached hydrogens (tertiary/aromatic N) is 1. The number of carbonyl (C=O) groups is 2. The van der Waals surface area contributed by atoms with Gasteiger partial charge in [-0.1, -0.05) is 0 Å². The second-order valence-electron chi connectivity index (χ2n) is 4.31. The highest BCUT2D eigenvalue weighted by Crippen LogP contribution is 2.39. The van der Waals surface area contributed by atoms with E-state index in [4.69, 9.17) is 9.57 Å². The van der Waals surface area contributed by atoms with Crippen LogP contribution in [0.4, 0.5) is 0 Å². The van der Waals surface area contributed by atoms with Crippen LogP contribution in [-0.2, 0) is 23.9 Å². The second-order valence-corrected chi connectivity index (χ2v) is 4.31. The first-order valence-electron chi connectivity index (χ1n) is 5.87. The largest absolute Gasteiger partial charge is 0.469 e. The van der Waals surface area contributed by atoms with E-state index >= 15 is 0 Å². The van der Waals surface area contributed by atoms with E-state index in [1.165, 1.54) is 19.3 Å². The maximum atomic E-state index is 12.0. The second kappa shape index (κ2) is 5.88. The Morgan fingerprint density at radius 2 is 1.74 bits per heavy atom. The van der Waals surface area contributed by atoms with Gasteiger partial charge >= 0.3 is 11.9 Å². The highest BCUT2D eigenvalue weighted by molar-refractivity contribution is 5.85. The van der Waals surface area contributed by atoms with E-state index in [1.807, 2.05) is 25.7 Å². The molecule has 19 heavy (non-hydrogen) atoms. The number of carbonyl (C=O) groups excluding carboxylic acids is 2. The smallest absolute Gasteiger partial charge is 0.338 e. The SMILES string of the molecule is COC(=O)[C@@H]1[C@@H]([C]2[CH][CH][CH][CH]2)N(C)O[C@H]1C(=O)OC. The molecule has 2 fully saturated rings. The van der Waals surface area contributed by atoms with Gasteiger partial charge in [-0.3, -0.25) is 9.63 Å². The third-order valence-corrected chi connectivity index (χ3v) is 3.27. The first-order chi connectivity index (χ1) is 9.10. The molecule has 0 bridgehead atoms. The lowest BCUT2D eigenvalue weighted by Crippen LogP contribution is -2.42. The van der Waals surface area contributed by atoms with Gasteiger partial charge in [0.1, 0.15) is 5.92 Å². The van der Waals surface area contributed by atoms with Crippen molar-refractivity contribution >= 4 is 11.9 Å². The number of methoxy groups -OCH3 is 2. The van der Waals surface area contributed by atoms with Crippen LogP contribution in [0.3, 0.4) is 0 Å². The Morgan fingerprint density at radius 1 is 1.16 bits per heavy atom. The fraction of sp³-hybridized carbons (Fsp3) is 0.462. The van der Waals surface area contributed by atoms with E-state index in [9.17, 15) is 9.59 Å². The van der Waals surface area contributed by atoms with Crippen molar-refractivity contribution in [3.05, 3.63) is 31.6 Å². The van der Waals surface area contributed by atoms with Gasteiger partial charge in [0.15, 0.2) is 6.10 Å². The Hall–Kier alpha value is -1.14. The zero-order chi connectivity index (χ0) is 14.0. The quantitative estimate of drug-likeness (QED) is 0.668. The summed E-state index contributed by atoms with van der Waals surface area (Å²) in [6.45, 7) is 0. The van der Waals surface area contributed by atoms with Crippen LogP contribution in [0.15, 0.2) is 0 Å². The summed E-state index contributed by atoms with van der Waals surface area (Å²) in [5.74, 6) is -0.934. The average Bonchev–Trinajstić information content (AvgIpc) is 3.03. The molecule has 1 aliphatic heterocycles. The van der Waals surface area contributed by atoms with Crippen molar-refractivity contribution in [3.8, 4) is 0 Å². The number of hydroxylamine groups is 2. The molecule has 0 aromatic carbocycles. The summed E-state index contributed by atoms with van der Waals surface area (Å²) in [7, 11) is 4.23. The van der Waals surface area contributed by atoms with E-state index in [2.05, 4.69) is 4.74 Å². The maximum absolute atomic E-state index is 12.0. The molecule has 1 aliphatic carbocycles. The number of hydrogen-bond acceptors (Lipinski definition) is 6. The minimum absolute atomic E-state index is 0.369. The molecule has 103 valence electrons.